The van der Waals surface area contributed by atoms with Gasteiger partial charge in [0.2, 0.25) is 0 Å². The van der Waals surface area contributed by atoms with Crippen LogP contribution in [0, 0.1) is 22.7 Å². The van der Waals surface area contributed by atoms with Gasteiger partial charge in [0.1, 0.15) is 0 Å². The molecule has 0 aromatic carbocycles. The molecule has 0 bridgehead atoms. The standard InChI is InChI=1S/C13H25N.C11H21N.C2H6/c1-12(2,3)11-10-7-9(10)8-14(11)13(4,5)6;1-8-6-11(5)7-9(11)12(8)10(2,3)4;1-2/h9-11H,7-8H2,1-6H3;8-9H,6-7H2,1-5H3;1-2H3/t9-,10-,11?;8-,9-,11+;/m11./s1. The molecule has 4 aliphatic rings. The Kier molecular flexibility index (Phi) is 6.53. The van der Waals surface area contributed by atoms with Crippen LogP contribution >= 0.6 is 0 Å². The number of fused-ring (bicyclic) bond motifs is 2. The molecule has 0 radical (unpaired) electrons. The molecule has 4 fully saturated rings. The quantitative estimate of drug-likeness (QED) is 0.445. The number of rotatable bonds is 0. The molecule has 166 valence electrons. The van der Waals surface area contributed by atoms with E-state index in [1.807, 2.05) is 13.8 Å². The van der Waals surface area contributed by atoms with Gasteiger partial charge in [-0.05, 0) is 90.4 Å². The fourth-order valence-electron chi connectivity index (χ4n) is 6.51. The molecule has 2 nitrogen and oxygen atoms in total. The second-order valence-corrected chi connectivity index (χ2v) is 13.3. The molecule has 1 unspecified atom stereocenters. The smallest absolute Gasteiger partial charge is 0.0180 e. The molecule has 0 aromatic heterocycles. The van der Waals surface area contributed by atoms with Crippen LogP contribution in [-0.4, -0.2) is 45.5 Å². The van der Waals surface area contributed by atoms with E-state index in [1.54, 1.807) is 0 Å². The van der Waals surface area contributed by atoms with Crippen molar-refractivity contribution < 1.29 is 0 Å². The van der Waals surface area contributed by atoms with Crippen LogP contribution in [0.15, 0.2) is 0 Å². The van der Waals surface area contributed by atoms with Gasteiger partial charge in [0.05, 0.1) is 0 Å². The third-order valence-corrected chi connectivity index (χ3v) is 7.55. The highest BCUT2D eigenvalue weighted by Crippen LogP contribution is 2.60. The van der Waals surface area contributed by atoms with Crippen molar-refractivity contribution >= 4 is 0 Å². The maximum atomic E-state index is 2.74. The van der Waals surface area contributed by atoms with E-state index in [1.165, 1.54) is 25.8 Å². The Balaban J connectivity index is 0.000000186. The molecule has 0 amide bonds. The SMILES string of the molecule is CC.CC(C)(C)C1[C@@H]2C[C@@H]2CN1C(C)(C)C.C[C@@H]1C[C@@]2(C)C[C@H]2N1C(C)(C)C. The van der Waals surface area contributed by atoms with E-state index >= 15 is 0 Å². The Morgan fingerprint density at radius 2 is 1.36 bits per heavy atom. The lowest BCUT2D eigenvalue weighted by Crippen LogP contribution is -2.51. The third kappa shape index (κ3) is 4.80. The largest absolute Gasteiger partial charge is 0.294 e. The normalized spacial score (nSPS) is 40.0. The molecule has 2 heteroatoms. The van der Waals surface area contributed by atoms with Crippen LogP contribution in [0.3, 0.4) is 0 Å². The van der Waals surface area contributed by atoms with Gasteiger partial charge in [0.15, 0.2) is 0 Å². The number of nitrogens with zero attached hydrogens (tertiary/aromatic N) is 2. The van der Waals surface area contributed by atoms with Crippen molar-refractivity contribution in [2.45, 2.75) is 138 Å². The monoisotopic (exact) mass is 392 g/mol. The van der Waals surface area contributed by atoms with Crippen LogP contribution in [-0.2, 0) is 0 Å². The summed E-state index contributed by atoms with van der Waals surface area (Å²) in [6, 6.07) is 2.51. The molecule has 6 atom stereocenters. The molecular formula is C26H52N2. The Hall–Kier alpha value is -0.0800. The highest BCUT2D eigenvalue weighted by atomic mass is 15.3. The van der Waals surface area contributed by atoms with Crippen molar-refractivity contribution in [1.29, 1.82) is 0 Å². The molecule has 0 N–H and O–H groups in total. The van der Waals surface area contributed by atoms with E-state index in [-0.39, 0.29) is 0 Å². The average Bonchev–Trinajstić information content (AvgIpc) is 3.31. The van der Waals surface area contributed by atoms with Crippen LogP contribution in [0.5, 0.6) is 0 Å². The lowest BCUT2D eigenvalue weighted by molar-refractivity contribution is 0.0375. The second kappa shape index (κ2) is 7.56. The highest BCUT2D eigenvalue weighted by Gasteiger charge is 2.62. The summed E-state index contributed by atoms with van der Waals surface area (Å²) >= 11 is 0. The van der Waals surface area contributed by atoms with Gasteiger partial charge in [0.25, 0.3) is 0 Å². The van der Waals surface area contributed by atoms with Crippen molar-refractivity contribution in [3.63, 3.8) is 0 Å². The van der Waals surface area contributed by atoms with Crippen molar-refractivity contribution in [1.82, 2.24) is 9.80 Å². The van der Waals surface area contributed by atoms with E-state index in [2.05, 4.69) is 86.0 Å². The van der Waals surface area contributed by atoms with Crippen molar-refractivity contribution in [2.24, 2.45) is 22.7 Å². The van der Waals surface area contributed by atoms with Gasteiger partial charge in [0, 0.05) is 35.7 Å². The first-order valence-corrected chi connectivity index (χ1v) is 12.1. The zero-order valence-corrected chi connectivity index (χ0v) is 21.6. The molecule has 2 saturated heterocycles. The number of hydrogen-bond donors (Lipinski definition) is 0. The summed E-state index contributed by atoms with van der Waals surface area (Å²) in [7, 11) is 0. The maximum Gasteiger partial charge on any atom is 0.0180 e. The topological polar surface area (TPSA) is 6.48 Å². The van der Waals surface area contributed by atoms with Crippen molar-refractivity contribution in [3.8, 4) is 0 Å². The van der Waals surface area contributed by atoms with Gasteiger partial charge in [-0.25, -0.2) is 0 Å². The summed E-state index contributed by atoms with van der Waals surface area (Å²) in [6.45, 7) is 31.5. The highest BCUT2D eigenvalue weighted by molar-refractivity contribution is 5.16. The molecular weight excluding hydrogens is 340 g/mol. The van der Waals surface area contributed by atoms with E-state index in [0.29, 0.717) is 21.9 Å². The zero-order valence-electron chi connectivity index (χ0n) is 21.6. The lowest BCUT2D eigenvalue weighted by atomic mass is 9.82. The summed E-state index contributed by atoms with van der Waals surface area (Å²) in [4.78, 5) is 5.46. The molecule has 0 aromatic rings. The molecule has 2 heterocycles. The van der Waals surface area contributed by atoms with Crippen LogP contribution in [0.1, 0.15) is 109 Å². The fraction of sp³-hybridized carbons (Fsp3) is 1.00. The van der Waals surface area contributed by atoms with Crippen molar-refractivity contribution in [2.75, 3.05) is 6.54 Å². The summed E-state index contributed by atoms with van der Waals surface area (Å²) < 4.78 is 0. The Labute approximate surface area is 177 Å². The van der Waals surface area contributed by atoms with Gasteiger partial charge in [-0.2, -0.15) is 0 Å². The van der Waals surface area contributed by atoms with E-state index < -0.39 is 0 Å². The summed E-state index contributed by atoms with van der Waals surface area (Å²) in [5.41, 5.74) is 1.86. The van der Waals surface area contributed by atoms with Crippen LogP contribution in [0.25, 0.3) is 0 Å². The minimum atomic E-state index is 0.353. The first kappa shape index (κ1) is 24.2. The van der Waals surface area contributed by atoms with Gasteiger partial charge < -0.3 is 0 Å². The van der Waals surface area contributed by atoms with E-state index in [0.717, 1.165) is 30.0 Å². The predicted molar refractivity (Wildman–Crippen MR) is 125 cm³/mol. The minimum Gasteiger partial charge on any atom is -0.294 e. The van der Waals surface area contributed by atoms with Crippen LogP contribution < -0.4 is 0 Å². The molecule has 28 heavy (non-hydrogen) atoms. The predicted octanol–water partition coefficient (Wildman–Crippen LogP) is 6.84. The zero-order chi connectivity index (χ0) is 21.9. The van der Waals surface area contributed by atoms with Gasteiger partial charge in [-0.1, -0.05) is 41.5 Å². The summed E-state index contributed by atoms with van der Waals surface area (Å²) in [6.07, 6.45) is 4.35. The van der Waals surface area contributed by atoms with Gasteiger partial charge in [-0.15, -0.1) is 0 Å². The van der Waals surface area contributed by atoms with E-state index in [4.69, 9.17) is 0 Å². The molecule has 2 aliphatic carbocycles. The fourth-order valence-corrected chi connectivity index (χ4v) is 6.51. The first-order valence-electron chi connectivity index (χ1n) is 12.1. The second-order valence-electron chi connectivity index (χ2n) is 13.3. The van der Waals surface area contributed by atoms with Gasteiger partial charge in [-0.3, -0.25) is 9.80 Å². The Morgan fingerprint density at radius 1 is 0.821 bits per heavy atom. The Bertz CT molecular complexity index is 532. The van der Waals surface area contributed by atoms with Gasteiger partial charge >= 0.3 is 0 Å². The Morgan fingerprint density at radius 3 is 1.64 bits per heavy atom. The molecule has 2 saturated carbocycles. The number of hydrogen-bond acceptors (Lipinski definition) is 2. The average molecular weight is 393 g/mol. The maximum absolute atomic E-state index is 2.74. The minimum absolute atomic E-state index is 0.353. The van der Waals surface area contributed by atoms with Crippen molar-refractivity contribution in [3.05, 3.63) is 0 Å². The molecule has 2 aliphatic heterocycles. The number of piperidine rings is 2. The number of likely N-dealkylation sites (tertiary alicyclic amines) is 2. The third-order valence-electron chi connectivity index (χ3n) is 7.55. The molecule has 4 rings (SSSR count). The molecule has 0 spiro atoms. The summed E-state index contributed by atoms with van der Waals surface area (Å²) in [5.74, 6) is 2.03. The van der Waals surface area contributed by atoms with E-state index in [9.17, 15) is 0 Å². The summed E-state index contributed by atoms with van der Waals surface area (Å²) in [5, 5.41) is 0. The lowest BCUT2D eigenvalue weighted by Gasteiger charge is -2.45. The van der Waals surface area contributed by atoms with Crippen LogP contribution in [0.4, 0.5) is 0 Å². The first-order chi connectivity index (χ1) is 12.6. The van der Waals surface area contributed by atoms with Crippen LogP contribution in [0.2, 0.25) is 0 Å².